The Labute approximate surface area is 135 Å². The third-order valence-corrected chi connectivity index (χ3v) is 6.30. The topological polar surface area (TPSA) is 17.1 Å². The molecule has 0 aliphatic heterocycles. The van der Waals surface area contributed by atoms with Crippen LogP contribution in [0.15, 0.2) is 90.7 Å². The molecule has 0 saturated heterocycles. The predicted octanol–water partition coefficient (Wildman–Crippen LogP) is 4.81. The van der Waals surface area contributed by atoms with Gasteiger partial charge in [0, 0.05) is 10.6 Å². The van der Waals surface area contributed by atoms with Crippen molar-refractivity contribution in [1.82, 2.24) is 0 Å². The van der Waals surface area contributed by atoms with Crippen LogP contribution in [0, 0.1) is 5.82 Å². The molecule has 0 aliphatic carbocycles. The fourth-order valence-electron chi connectivity index (χ4n) is 2.42. The normalized spacial score (nSPS) is 11.7. The summed E-state index contributed by atoms with van der Waals surface area (Å²) in [5, 5.41) is 1.53. The number of hydrogen-bond acceptors (Lipinski definition) is 1. The maximum absolute atomic E-state index is 13.7. The van der Waals surface area contributed by atoms with E-state index in [-0.39, 0.29) is 5.82 Å². The minimum Gasteiger partial charge on any atom is -0.309 e. The Balaban J connectivity index is 2.08. The number of benzene rings is 3. The second kappa shape index (κ2) is 6.76. The maximum Gasteiger partial charge on any atom is 0.164 e. The van der Waals surface area contributed by atoms with Crippen LogP contribution in [0.25, 0.3) is 6.08 Å². The van der Waals surface area contributed by atoms with E-state index in [0.717, 1.165) is 10.6 Å². The highest BCUT2D eigenvalue weighted by molar-refractivity contribution is 7.81. The lowest BCUT2D eigenvalue weighted by Gasteiger charge is -2.15. The quantitative estimate of drug-likeness (QED) is 0.630. The van der Waals surface area contributed by atoms with Crippen molar-refractivity contribution >= 4 is 23.8 Å². The average Bonchev–Trinajstić information content (AvgIpc) is 2.61. The Kier molecular flexibility index (Phi) is 4.55. The van der Waals surface area contributed by atoms with E-state index in [9.17, 15) is 8.96 Å². The Morgan fingerprint density at radius 2 is 1.30 bits per heavy atom. The maximum atomic E-state index is 13.7. The molecular weight excluding hydrogens is 306 g/mol. The summed E-state index contributed by atoms with van der Waals surface area (Å²) in [5.41, 5.74) is 0.692. The summed E-state index contributed by atoms with van der Waals surface area (Å²) < 4.78 is 27.0. The van der Waals surface area contributed by atoms with E-state index in [2.05, 4.69) is 0 Å². The fraction of sp³-hybridized carbons (Fsp3) is 0. The summed E-state index contributed by atoms with van der Waals surface area (Å²) in [4.78, 5) is 0. The minimum absolute atomic E-state index is 0.304. The van der Waals surface area contributed by atoms with Gasteiger partial charge in [-0.1, -0.05) is 78.9 Å². The van der Waals surface area contributed by atoms with Crippen molar-refractivity contribution in [3.05, 3.63) is 102 Å². The zero-order chi connectivity index (χ0) is 16.1. The van der Waals surface area contributed by atoms with Crippen LogP contribution in [0.2, 0.25) is 0 Å². The Bertz CT molecular complexity index is 814. The highest BCUT2D eigenvalue weighted by atomic mass is 31.2. The molecule has 0 aliphatic rings. The molecule has 0 amide bonds. The molecule has 0 bridgehead atoms. The number of hydrogen-bond donors (Lipinski definition) is 0. The zero-order valence-electron chi connectivity index (χ0n) is 12.5. The van der Waals surface area contributed by atoms with Crippen molar-refractivity contribution in [3.63, 3.8) is 0 Å². The van der Waals surface area contributed by atoms with Crippen LogP contribution >= 0.6 is 7.14 Å². The van der Waals surface area contributed by atoms with E-state index >= 15 is 0 Å². The van der Waals surface area contributed by atoms with Gasteiger partial charge in [-0.2, -0.15) is 0 Å². The summed E-state index contributed by atoms with van der Waals surface area (Å²) in [7, 11) is -2.91. The van der Waals surface area contributed by atoms with Gasteiger partial charge in [0.1, 0.15) is 5.82 Å². The predicted molar refractivity (Wildman–Crippen MR) is 95.2 cm³/mol. The second-order valence-corrected chi connectivity index (χ2v) is 7.85. The summed E-state index contributed by atoms with van der Waals surface area (Å²) in [6, 6.07) is 25.0. The molecule has 0 aromatic heterocycles. The lowest BCUT2D eigenvalue weighted by molar-refractivity contribution is 0.592. The minimum atomic E-state index is -2.91. The average molecular weight is 322 g/mol. The van der Waals surface area contributed by atoms with Crippen molar-refractivity contribution in [3.8, 4) is 0 Å². The van der Waals surface area contributed by atoms with Gasteiger partial charge in [0.2, 0.25) is 0 Å². The summed E-state index contributed by atoms with van der Waals surface area (Å²) in [6.45, 7) is 0. The smallest absolute Gasteiger partial charge is 0.164 e. The molecule has 3 rings (SSSR count). The fourth-order valence-corrected chi connectivity index (χ4v) is 4.68. The van der Waals surface area contributed by atoms with Gasteiger partial charge >= 0.3 is 0 Å². The molecule has 0 radical (unpaired) electrons. The highest BCUT2D eigenvalue weighted by Crippen LogP contribution is 2.45. The van der Waals surface area contributed by atoms with Crippen LogP contribution in [-0.2, 0) is 4.57 Å². The molecule has 0 heterocycles. The molecule has 0 unspecified atom stereocenters. The molecular formula is C20H16FOP. The van der Waals surface area contributed by atoms with Crippen LogP contribution in [0.1, 0.15) is 5.56 Å². The van der Waals surface area contributed by atoms with E-state index in [1.54, 1.807) is 24.0 Å². The standard InChI is InChI=1S/C20H16FOP/c21-18-9-7-8-17(16-18)14-15-23(22,19-10-3-1-4-11-19)20-12-5-2-6-13-20/h1-16H/b15-14+. The van der Waals surface area contributed by atoms with Gasteiger partial charge in [-0.05, 0) is 23.5 Å². The molecule has 3 aromatic carbocycles. The van der Waals surface area contributed by atoms with Gasteiger partial charge in [0.25, 0.3) is 0 Å². The molecule has 0 saturated carbocycles. The molecule has 0 N–H and O–H groups in total. The Morgan fingerprint density at radius 1 is 0.739 bits per heavy atom. The zero-order valence-corrected chi connectivity index (χ0v) is 13.4. The SMILES string of the molecule is O=P(/C=C/c1cccc(F)c1)(c1ccccc1)c1ccccc1. The molecule has 0 fully saturated rings. The number of halogens is 1. The van der Waals surface area contributed by atoms with Crippen LogP contribution in [0.4, 0.5) is 4.39 Å². The van der Waals surface area contributed by atoms with Crippen molar-refractivity contribution in [2.45, 2.75) is 0 Å². The molecule has 0 spiro atoms. The Hall–Kier alpha value is -2.44. The monoisotopic (exact) mass is 322 g/mol. The van der Waals surface area contributed by atoms with E-state index < -0.39 is 7.14 Å². The van der Waals surface area contributed by atoms with E-state index in [1.807, 2.05) is 60.7 Å². The van der Waals surface area contributed by atoms with Crippen LogP contribution in [0.5, 0.6) is 0 Å². The summed E-state index contributed by atoms with van der Waals surface area (Å²) >= 11 is 0. The van der Waals surface area contributed by atoms with Crippen molar-refractivity contribution in [2.75, 3.05) is 0 Å². The molecule has 114 valence electrons. The third-order valence-electron chi connectivity index (χ3n) is 3.61. The van der Waals surface area contributed by atoms with Gasteiger partial charge in [-0.15, -0.1) is 0 Å². The lowest BCUT2D eigenvalue weighted by Crippen LogP contribution is -2.13. The first-order chi connectivity index (χ1) is 11.2. The second-order valence-electron chi connectivity index (χ2n) is 5.20. The number of rotatable bonds is 4. The van der Waals surface area contributed by atoms with E-state index in [0.29, 0.717) is 5.56 Å². The lowest BCUT2D eigenvalue weighted by atomic mass is 10.2. The van der Waals surface area contributed by atoms with Crippen molar-refractivity contribution in [1.29, 1.82) is 0 Å². The van der Waals surface area contributed by atoms with Crippen LogP contribution in [-0.4, -0.2) is 0 Å². The van der Waals surface area contributed by atoms with Gasteiger partial charge < -0.3 is 4.57 Å². The summed E-state index contributed by atoms with van der Waals surface area (Å²) in [5.74, 6) is 1.40. The Morgan fingerprint density at radius 3 is 1.83 bits per heavy atom. The third kappa shape index (κ3) is 3.49. The molecule has 3 aromatic rings. The molecule has 3 heteroatoms. The van der Waals surface area contributed by atoms with E-state index in [1.165, 1.54) is 12.1 Å². The first-order valence-electron chi connectivity index (χ1n) is 7.34. The van der Waals surface area contributed by atoms with Crippen LogP contribution < -0.4 is 10.6 Å². The summed E-state index contributed by atoms with van der Waals surface area (Å²) in [6.07, 6.45) is 1.73. The largest absolute Gasteiger partial charge is 0.309 e. The van der Waals surface area contributed by atoms with Crippen molar-refractivity contribution < 1.29 is 8.96 Å². The van der Waals surface area contributed by atoms with Crippen molar-refractivity contribution in [2.24, 2.45) is 0 Å². The van der Waals surface area contributed by atoms with Gasteiger partial charge in [-0.25, -0.2) is 4.39 Å². The molecule has 1 nitrogen and oxygen atoms in total. The van der Waals surface area contributed by atoms with Gasteiger partial charge in [0.05, 0.1) is 0 Å². The van der Waals surface area contributed by atoms with Crippen LogP contribution in [0.3, 0.4) is 0 Å². The van der Waals surface area contributed by atoms with Gasteiger partial charge in [0.15, 0.2) is 7.14 Å². The molecule has 0 atom stereocenters. The van der Waals surface area contributed by atoms with E-state index in [4.69, 9.17) is 0 Å². The van der Waals surface area contributed by atoms with Gasteiger partial charge in [-0.3, -0.25) is 0 Å². The molecule has 23 heavy (non-hydrogen) atoms. The first kappa shape index (κ1) is 15.5. The first-order valence-corrected chi connectivity index (χ1v) is 9.12. The highest BCUT2D eigenvalue weighted by Gasteiger charge is 2.23.